The summed E-state index contributed by atoms with van der Waals surface area (Å²) in [7, 11) is 0. The van der Waals surface area contributed by atoms with Gasteiger partial charge in [0.25, 0.3) is 11.4 Å². The van der Waals surface area contributed by atoms with Gasteiger partial charge in [-0.25, -0.2) is 0 Å². The van der Waals surface area contributed by atoms with Crippen LogP contribution in [0.15, 0.2) is 0 Å². The first-order valence-corrected chi connectivity index (χ1v) is 7.26. The Morgan fingerprint density at radius 2 is 1.88 bits per heavy atom. The monoisotopic (exact) mass is 214 g/mol. The van der Waals surface area contributed by atoms with Crippen LogP contribution >= 0.6 is 33.2 Å². The lowest BCUT2D eigenvalue weighted by atomic mass is 15.8. The van der Waals surface area contributed by atoms with Gasteiger partial charge in [-0.05, 0) is 0 Å². The maximum Gasteiger partial charge on any atom is 0.508 e. The standard InChI is InChI=1S/Cl3HO3SSi/c1-8(2,3)6-7(4)5/h(H,4,5). The molecule has 8 heavy (non-hydrogen) atoms. The van der Waals surface area contributed by atoms with Crippen LogP contribution < -0.4 is 0 Å². The molecular formula is HCl3O3SSi. The van der Waals surface area contributed by atoms with Crippen LogP contribution in [0.3, 0.4) is 0 Å². The van der Waals surface area contributed by atoms with Crippen LogP contribution in [0.1, 0.15) is 0 Å². The Hall–Kier alpha value is 1.16. The molecule has 3 nitrogen and oxygen atoms in total. The van der Waals surface area contributed by atoms with E-state index in [1.807, 2.05) is 0 Å². The molecule has 0 aromatic heterocycles. The number of hydrogen-bond acceptors (Lipinski definition) is 2. The average molecular weight is 216 g/mol. The summed E-state index contributed by atoms with van der Waals surface area (Å²) in [4.78, 5) is 0. The van der Waals surface area contributed by atoms with Gasteiger partial charge in [0.05, 0.1) is 0 Å². The maximum atomic E-state index is 9.69. The molecule has 0 rings (SSSR count). The predicted octanol–water partition coefficient (Wildman–Crippen LogP) is 1.29. The molecule has 0 saturated heterocycles. The highest BCUT2D eigenvalue weighted by Crippen LogP contribution is 2.21. The summed E-state index contributed by atoms with van der Waals surface area (Å²) in [6, 6.07) is 0. The first-order valence-electron chi connectivity index (χ1n) is 1.29. The van der Waals surface area contributed by atoms with Crippen LogP contribution in [0.5, 0.6) is 0 Å². The van der Waals surface area contributed by atoms with Crippen molar-refractivity contribution in [2.75, 3.05) is 0 Å². The van der Waals surface area contributed by atoms with Gasteiger partial charge in [-0.15, -0.1) is 0 Å². The lowest BCUT2D eigenvalue weighted by Gasteiger charge is -2.01. The Balaban J connectivity index is 3.55. The Labute approximate surface area is 63.6 Å². The van der Waals surface area contributed by atoms with E-state index in [1.54, 1.807) is 0 Å². The molecule has 0 aromatic carbocycles. The number of halogens is 3. The zero-order valence-corrected chi connectivity index (χ0v) is 7.39. The molecule has 0 fully saturated rings. The van der Waals surface area contributed by atoms with Crippen LogP contribution in [-0.4, -0.2) is 15.0 Å². The van der Waals surface area contributed by atoms with Gasteiger partial charge in [-0.2, -0.15) is 4.21 Å². The molecule has 0 aliphatic carbocycles. The first kappa shape index (κ1) is 9.16. The van der Waals surface area contributed by atoms with E-state index in [2.05, 4.69) is 3.87 Å². The van der Waals surface area contributed by atoms with Crippen molar-refractivity contribution in [3.8, 4) is 0 Å². The van der Waals surface area contributed by atoms with E-state index in [9.17, 15) is 4.21 Å². The van der Waals surface area contributed by atoms with Crippen molar-refractivity contribution < 1.29 is 12.6 Å². The van der Waals surface area contributed by atoms with E-state index < -0.39 is 17.6 Å². The second-order valence-corrected chi connectivity index (χ2v) is 9.27. The van der Waals surface area contributed by atoms with Crippen molar-refractivity contribution in [3.05, 3.63) is 0 Å². The van der Waals surface area contributed by atoms with E-state index in [-0.39, 0.29) is 0 Å². The van der Waals surface area contributed by atoms with E-state index in [0.29, 0.717) is 0 Å². The summed E-state index contributed by atoms with van der Waals surface area (Å²) in [5.74, 6) is 0. The fourth-order valence-corrected chi connectivity index (χ4v) is 2.18. The third kappa shape index (κ3) is 7.16. The summed E-state index contributed by atoms with van der Waals surface area (Å²) < 4.78 is 21.5. The molecule has 1 atom stereocenters. The average Bonchev–Trinajstić information content (AvgIpc) is 1.21. The van der Waals surface area contributed by atoms with Crippen LogP contribution in [0.2, 0.25) is 0 Å². The molecule has 0 aromatic rings. The topological polar surface area (TPSA) is 46.5 Å². The molecule has 8 heteroatoms. The molecule has 0 saturated carbocycles. The fraction of sp³-hybridized carbons (Fsp3) is 0. The molecule has 0 spiro atoms. The normalized spacial score (nSPS) is 16.0. The van der Waals surface area contributed by atoms with Crippen molar-refractivity contribution in [2.45, 2.75) is 0 Å². The molecule has 1 unspecified atom stereocenters. The van der Waals surface area contributed by atoms with Crippen molar-refractivity contribution in [1.82, 2.24) is 0 Å². The largest absolute Gasteiger partial charge is 0.508 e. The Bertz CT molecular complexity index is 97.2. The van der Waals surface area contributed by atoms with Crippen LogP contribution in [0.25, 0.3) is 0 Å². The second kappa shape index (κ2) is 3.36. The van der Waals surface area contributed by atoms with Gasteiger partial charge in [0.2, 0.25) is 0 Å². The van der Waals surface area contributed by atoms with Crippen molar-refractivity contribution >= 4 is 50.8 Å². The zero-order chi connectivity index (χ0) is 6.78. The molecule has 0 aliphatic rings. The zero-order valence-electron chi connectivity index (χ0n) is 3.31. The van der Waals surface area contributed by atoms with E-state index in [0.717, 1.165) is 0 Å². The summed E-state index contributed by atoms with van der Waals surface area (Å²) in [6.45, 7) is 0. The molecule has 0 heterocycles. The minimum Gasteiger partial charge on any atom is -0.285 e. The summed E-state index contributed by atoms with van der Waals surface area (Å²) in [6.07, 6.45) is -3.35. The smallest absolute Gasteiger partial charge is 0.285 e. The fourth-order valence-electron chi connectivity index (χ4n) is 0.0808. The Kier molecular flexibility index (Phi) is 3.84. The number of rotatable bonds is 2. The third-order valence-electron chi connectivity index (χ3n) is 0.166. The van der Waals surface area contributed by atoms with Gasteiger partial charge in [0, 0.05) is 0 Å². The Morgan fingerprint density at radius 3 is 1.88 bits per heavy atom. The molecular weight excluding hydrogens is 215 g/mol. The SMILES string of the molecule is O=S(O)O[Si](Cl)(Cl)Cl. The second-order valence-electron chi connectivity index (χ2n) is 0.746. The number of hydrogen-bond donors (Lipinski definition) is 1. The summed E-state index contributed by atoms with van der Waals surface area (Å²) in [5.41, 5.74) is 0. The summed E-state index contributed by atoms with van der Waals surface area (Å²) >= 11 is 12.6. The highest BCUT2D eigenvalue weighted by atomic mass is 35.8. The highest BCUT2D eigenvalue weighted by molar-refractivity contribution is 7.80. The van der Waals surface area contributed by atoms with Crippen LogP contribution in [0.4, 0.5) is 0 Å². The van der Waals surface area contributed by atoms with Gasteiger partial charge in [-0.3, -0.25) is 8.42 Å². The minimum atomic E-state index is -3.35. The molecule has 0 aliphatic heterocycles. The maximum absolute atomic E-state index is 9.69. The molecule has 50 valence electrons. The van der Waals surface area contributed by atoms with E-state index in [1.165, 1.54) is 0 Å². The van der Waals surface area contributed by atoms with Gasteiger partial charge in [0.15, 0.2) is 0 Å². The van der Waals surface area contributed by atoms with E-state index in [4.69, 9.17) is 37.8 Å². The van der Waals surface area contributed by atoms with Gasteiger partial charge in [-0.1, -0.05) is 33.2 Å². The highest BCUT2D eigenvalue weighted by Gasteiger charge is 2.30. The quantitative estimate of drug-likeness (QED) is 0.429. The Morgan fingerprint density at radius 1 is 1.50 bits per heavy atom. The first-order chi connectivity index (χ1) is 3.42. The van der Waals surface area contributed by atoms with Gasteiger partial charge in [0.1, 0.15) is 0 Å². The lowest BCUT2D eigenvalue weighted by Crippen LogP contribution is -2.16. The third-order valence-corrected chi connectivity index (χ3v) is 3.19. The van der Waals surface area contributed by atoms with Crippen molar-refractivity contribution in [2.24, 2.45) is 0 Å². The predicted molar refractivity (Wildman–Crippen MR) is 35.2 cm³/mol. The van der Waals surface area contributed by atoms with Crippen LogP contribution in [-0.2, 0) is 15.2 Å². The molecule has 0 amide bonds. The van der Waals surface area contributed by atoms with Gasteiger partial charge >= 0.3 is 6.25 Å². The summed E-state index contributed by atoms with van der Waals surface area (Å²) in [5, 5.41) is 0. The molecule has 0 bridgehead atoms. The molecule has 0 radical (unpaired) electrons. The van der Waals surface area contributed by atoms with Crippen LogP contribution in [0, 0.1) is 0 Å². The van der Waals surface area contributed by atoms with Crippen molar-refractivity contribution in [3.63, 3.8) is 0 Å². The van der Waals surface area contributed by atoms with Gasteiger partial charge < -0.3 is 0 Å². The lowest BCUT2D eigenvalue weighted by molar-refractivity contribution is 0.470. The van der Waals surface area contributed by atoms with Crippen molar-refractivity contribution in [1.29, 1.82) is 0 Å². The minimum absolute atomic E-state index is 2.47. The van der Waals surface area contributed by atoms with E-state index >= 15 is 0 Å². The molecule has 1 N–H and O–H groups in total.